The Labute approximate surface area is 183 Å². The molecule has 0 aliphatic carbocycles. The van der Waals surface area contributed by atoms with Gasteiger partial charge in [0.2, 0.25) is 12.3 Å². The summed E-state index contributed by atoms with van der Waals surface area (Å²) in [6, 6.07) is 20.1. The van der Waals surface area contributed by atoms with Crippen molar-refractivity contribution in [2.45, 2.75) is 6.61 Å². The zero-order valence-electron chi connectivity index (χ0n) is 16.9. The molecular weight excluding hydrogens is 407 g/mol. The van der Waals surface area contributed by atoms with E-state index in [0.717, 1.165) is 22.2 Å². The summed E-state index contributed by atoms with van der Waals surface area (Å²) in [5.74, 6) is -0.0730. The average Bonchev–Trinajstić information content (AvgIpc) is 3.37. The van der Waals surface area contributed by atoms with Gasteiger partial charge in [-0.2, -0.15) is 0 Å². The lowest BCUT2D eigenvalue weighted by molar-refractivity contribution is 0.286. The van der Waals surface area contributed by atoms with E-state index >= 15 is 0 Å². The molecule has 0 fully saturated rings. The zero-order valence-corrected chi connectivity index (χ0v) is 16.9. The minimum absolute atomic E-state index is 0.137. The van der Waals surface area contributed by atoms with E-state index in [4.69, 9.17) is 9.15 Å². The van der Waals surface area contributed by atoms with Gasteiger partial charge in [-0.15, -0.1) is 10.2 Å². The van der Waals surface area contributed by atoms with Crippen molar-refractivity contribution in [1.82, 2.24) is 20.2 Å². The number of pyridine rings is 2. The van der Waals surface area contributed by atoms with Crippen molar-refractivity contribution in [1.29, 1.82) is 0 Å². The molecule has 6 nitrogen and oxygen atoms in total. The summed E-state index contributed by atoms with van der Waals surface area (Å²) < 4.78 is 26.0. The number of benzene rings is 2. The minimum Gasteiger partial charge on any atom is -0.484 e. The molecule has 0 spiro atoms. The van der Waals surface area contributed by atoms with Crippen LogP contribution in [0.2, 0.25) is 0 Å². The van der Waals surface area contributed by atoms with Gasteiger partial charge in [0.25, 0.3) is 0 Å². The Morgan fingerprint density at radius 2 is 1.88 bits per heavy atom. The van der Waals surface area contributed by atoms with Gasteiger partial charge in [0.1, 0.15) is 6.61 Å². The standard InChI is InChI=1S/C25H17FN4O2/c26-22-14-19(21(25-30-28-16-32-25)13-17-9-11-27-12-10-17)6-8-24(22)31-15-20-7-5-18-3-1-2-4-23(18)29-20/h1-14,16H,15H2. The number of halogens is 1. The summed E-state index contributed by atoms with van der Waals surface area (Å²) in [6.45, 7) is 0.157. The van der Waals surface area contributed by atoms with E-state index in [0.29, 0.717) is 11.1 Å². The predicted octanol–water partition coefficient (Wildman–Crippen LogP) is 5.32. The van der Waals surface area contributed by atoms with Crippen molar-refractivity contribution in [2.24, 2.45) is 0 Å². The Bertz CT molecular complexity index is 1390. The van der Waals surface area contributed by atoms with Crippen molar-refractivity contribution in [3.8, 4) is 5.75 Å². The number of ether oxygens (including phenoxy) is 1. The van der Waals surface area contributed by atoms with Crippen LogP contribution >= 0.6 is 0 Å². The van der Waals surface area contributed by atoms with Gasteiger partial charge < -0.3 is 9.15 Å². The Morgan fingerprint density at radius 3 is 2.69 bits per heavy atom. The summed E-state index contributed by atoms with van der Waals surface area (Å²) in [5.41, 5.74) is 3.64. The molecule has 0 saturated heterocycles. The third-order valence-corrected chi connectivity index (χ3v) is 4.88. The molecule has 0 bridgehead atoms. The first kappa shape index (κ1) is 19.6. The third-order valence-electron chi connectivity index (χ3n) is 4.88. The Kier molecular flexibility index (Phi) is 5.36. The molecule has 5 aromatic rings. The molecule has 156 valence electrons. The fourth-order valence-corrected chi connectivity index (χ4v) is 3.31. The van der Waals surface area contributed by atoms with Crippen LogP contribution in [0.5, 0.6) is 5.75 Å². The van der Waals surface area contributed by atoms with Gasteiger partial charge in [0, 0.05) is 23.4 Å². The van der Waals surface area contributed by atoms with Crippen molar-refractivity contribution < 1.29 is 13.5 Å². The van der Waals surface area contributed by atoms with E-state index in [1.807, 2.05) is 54.6 Å². The van der Waals surface area contributed by atoms with Gasteiger partial charge >= 0.3 is 0 Å². The molecule has 5 rings (SSSR count). The number of para-hydroxylation sites is 1. The maximum Gasteiger partial charge on any atom is 0.248 e. The average molecular weight is 424 g/mol. The molecule has 0 unspecified atom stereocenters. The van der Waals surface area contributed by atoms with Crippen LogP contribution < -0.4 is 4.74 Å². The van der Waals surface area contributed by atoms with Gasteiger partial charge in [-0.3, -0.25) is 4.98 Å². The lowest BCUT2D eigenvalue weighted by Crippen LogP contribution is -2.00. The Balaban J connectivity index is 1.40. The molecule has 0 aliphatic rings. The zero-order chi connectivity index (χ0) is 21.8. The predicted molar refractivity (Wildman–Crippen MR) is 118 cm³/mol. The number of hydrogen-bond acceptors (Lipinski definition) is 6. The van der Waals surface area contributed by atoms with Crippen molar-refractivity contribution >= 4 is 22.6 Å². The molecule has 0 amide bonds. The van der Waals surface area contributed by atoms with Crippen LogP contribution in [0.3, 0.4) is 0 Å². The van der Waals surface area contributed by atoms with E-state index in [9.17, 15) is 4.39 Å². The lowest BCUT2D eigenvalue weighted by Gasteiger charge is -2.10. The van der Waals surface area contributed by atoms with E-state index in [2.05, 4.69) is 20.2 Å². The second kappa shape index (κ2) is 8.77. The maximum atomic E-state index is 14.9. The fraction of sp³-hybridized carbons (Fsp3) is 0.0400. The van der Waals surface area contributed by atoms with Crippen LogP contribution in [0, 0.1) is 5.82 Å². The van der Waals surface area contributed by atoms with Crippen LogP contribution in [-0.2, 0) is 6.61 Å². The van der Waals surface area contributed by atoms with Crippen LogP contribution in [0.25, 0.3) is 22.6 Å². The summed E-state index contributed by atoms with van der Waals surface area (Å²) in [7, 11) is 0. The quantitative estimate of drug-likeness (QED) is 0.367. The van der Waals surface area contributed by atoms with Gasteiger partial charge in [-0.1, -0.05) is 30.3 Å². The van der Waals surface area contributed by atoms with Crippen LogP contribution in [-0.4, -0.2) is 20.2 Å². The summed E-state index contributed by atoms with van der Waals surface area (Å²) in [6.07, 6.45) is 6.43. The highest BCUT2D eigenvalue weighted by atomic mass is 19.1. The maximum absolute atomic E-state index is 14.9. The molecule has 7 heteroatoms. The smallest absolute Gasteiger partial charge is 0.248 e. The third kappa shape index (κ3) is 4.22. The number of fused-ring (bicyclic) bond motifs is 1. The molecule has 0 N–H and O–H groups in total. The van der Waals surface area contributed by atoms with Gasteiger partial charge in [-0.25, -0.2) is 9.37 Å². The number of aromatic nitrogens is 4. The van der Waals surface area contributed by atoms with E-state index in [1.54, 1.807) is 24.5 Å². The molecule has 0 aliphatic heterocycles. The van der Waals surface area contributed by atoms with E-state index in [-0.39, 0.29) is 18.2 Å². The molecule has 2 aromatic carbocycles. The molecule has 0 atom stereocenters. The van der Waals surface area contributed by atoms with Crippen LogP contribution in [0.1, 0.15) is 22.7 Å². The summed E-state index contributed by atoms with van der Waals surface area (Å²) in [5, 5.41) is 8.76. The van der Waals surface area contributed by atoms with E-state index < -0.39 is 5.82 Å². The summed E-state index contributed by atoms with van der Waals surface area (Å²) >= 11 is 0. The van der Waals surface area contributed by atoms with Crippen molar-refractivity contribution in [2.75, 3.05) is 0 Å². The van der Waals surface area contributed by atoms with Crippen LogP contribution in [0.4, 0.5) is 4.39 Å². The van der Waals surface area contributed by atoms with Gasteiger partial charge in [0.05, 0.1) is 11.2 Å². The van der Waals surface area contributed by atoms with Crippen LogP contribution in [0.15, 0.2) is 89.9 Å². The first-order chi connectivity index (χ1) is 15.8. The lowest BCUT2D eigenvalue weighted by atomic mass is 10.0. The highest BCUT2D eigenvalue weighted by Crippen LogP contribution is 2.28. The van der Waals surface area contributed by atoms with Crippen molar-refractivity contribution in [3.63, 3.8) is 0 Å². The van der Waals surface area contributed by atoms with E-state index in [1.165, 1.54) is 12.5 Å². The molecule has 0 saturated carbocycles. The van der Waals surface area contributed by atoms with Crippen molar-refractivity contribution in [3.05, 3.63) is 114 Å². The highest BCUT2D eigenvalue weighted by molar-refractivity contribution is 5.88. The monoisotopic (exact) mass is 424 g/mol. The Hall–Kier alpha value is -4.39. The van der Waals surface area contributed by atoms with Gasteiger partial charge in [-0.05, 0) is 53.6 Å². The first-order valence-electron chi connectivity index (χ1n) is 9.92. The molecular formula is C25H17FN4O2. The highest BCUT2D eigenvalue weighted by Gasteiger charge is 2.14. The molecule has 32 heavy (non-hydrogen) atoms. The number of nitrogens with zero attached hydrogens (tertiary/aromatic N) is 4. The number of rotatable bonds is 6. The molecule has 3 aromatic heterocycles. The summed E-state index contributed by atoms with van der Waals surface area (Å²) in [4.78, 5) is 8.57. The van der Waals surface area contributed by atoms with Gasteiger partial charge in [0.15, 0.2) is 11.6 Å². The second-order valence-corrected chi connectivity index (χ2v) is 7.01. The minimum atomic E-state index is -0.497. The second-order valence-electron chi connectivity index (χ2n) is 7.01. The first-order valence-corrected chi connectivity index (χ1v) is 9.92. The molecule has 3 heterocycles. The SMILES string of the molecule is Fc1cc(C(=Cc2ccncc2)c2nnco2)ccc1OCc1ccc2ccccc2n1. The number of hydrogen-bond donors (Lipinski definition) is 0. The fourth-order valence-electron chi connectivity index (χ4n) is 3.31. The molecule has 0 radical (unpaired) electrons. The largest absolute Gasteiger partial charge is 0.484 e. The Morgan fingerprint density at radius 1 is 1.00 bits per heavy atom. The normalized spacial score (nSPS) is 11.6. The topological polar surface area (TPSA) is 73.9 Å².